The van der Waals surface area contributed by atoms with Crippen molar-refractivity contribution in [3.05, 3.63) is 131 Å². The predicted molar refractivity (Wildman–Crippen MR) is 137 cm³/mol. The lowest BCUT2D eigenvalue weighted by molar-refractivity contribution is 0.0707. The van der Waals surface area contributed by atoms with Crippen LogP contribution in [-0.2, 0) is 19.5 Å². The molecular formula is C29H26N6O. The average molecular weight is 475 g/mol. The number of fused-ring (bicyclic) bond motifs is 1. The SMILES string of the molecule is C[C@H](c1nc(Cn2cccn2)nn1-c1ccccc1Cc1ccccc1)N1Cc2ccccc2C1=O. The number of amides is 1. The van der Waals surface area contributed by atoms with Crippen molar-refractivity contribution >= 4 is 5.91 Å². The van der Waals surface area contributed by atoms with Gasteiger partial charge in [0.15, 0.2) is 11.6 Å². The maximum atomic E-state index is 13.3. The van der Waals surface area contributed by atoms with Gasteiger partial charge in [0.2, 0.25) is 0 Å². The molecule has 0 saturated heterocycles. The van der Waals surface area contributed by atoms with Gasteiger partial charge < -0.3 is 4.90 Å². The van der Waals surface area contributed by atoms with Crippen molar-refractivity contribution in [2.75, 3.05) is 0 Å². The highest BCUT2D eigenvalue weighted by Crippen LogP contribution is 2.32. The molecule has 3 aromatic carbocycles. The highest BCUT2D eigenvalue weighted by atomic mass is 16.2. The second-order valence-electron chi connectivity index (χ2n) is 9.06. The number of aromatic nitrogens is 5. The monoisotopic (exact) mass is 474 g/mol. The maximum absolute atomic E-state index is 13.3. The number of carbonyl (C=O) groups is 1. The molecule has 6 rings (SSSR count). The zero-order valence-electron chi connectivity index (χ0n) is 20.0. The van der Waals surface area contributed by atoms with Crippen LogP contribution in [-0.4, -0.2) is 35.4 Å². The minimum atomic E-state index is -0.270. The molecule has 0 fully saturated rings. The second-order valence-corrected chi connectivity index (χ2v) is 9.06. The molecule has 1 aliphatic heterocycles. The Morgan fingerprint density at radius 1 is 0.917 bits per heavy atom. The Hall–Kier alpha value is -4.52. The third-order valence-corrected chi connectivity index (χ3v) is 6.69. The summed E-state index contributed by atoms with van der Waals surface area (Å²) >= 11 is 0. The standard InChI is InChI=1S/C29H26N6O/c1-21(34-19-24-13-5-7-14-25(24)29(34)36)28-31-27(20-33-17-9-16-30-33)32-35(28)26-15-8-6-12-23(26)18-22-10-3-2-4-11-22/h2-17,21H,18-20H2,1H3/t21-/m1/s1. The van der Waals surface area contributed by atoms with Crippen LogP contribution in [0.2, 0.25) is 0 Å². The maximum Gasteiger partial charge on any atom is 0.255 e. The van der Waals surface area contributed by atoms with E-state index in [1.807, 2.05) is 71.2 Å². The smallest absolute Gasteiger partial charge is 0.255 e. The third kappa shape index (κ3) is 4.09. The fraction of sp³-hybridized carbons (Fsp3) is 0.172. The van der Waals surface area contributed by atoms with E-state index in [0.717, 1.165) is 34.6 Å². The number of hydrogen-bond donors (Lipinski definition) is 0. The topological polar surface area (TPSA) is 68.8 Å². The largest absolute Gasteiger partial charge is 0.324 e. The summed E-state index contributed by atoms with van der Waals surface area (Å²) in [5.74, 6) is 1.41. The molecule has 0 N–H and O–H groups in total. The number of nitrogens with zero attached hydrogens (tertiary/aromatic N) is 6. The lowest BCUT2D eigenvalue weighted by Crippen LogP contribution is -2.29. The van der Waals surface area contributed by atoms with Crippen LogP contribution in [0.15, 0.2) is 97.3 Å². The first-order valence-electron chi connectivity index (χ1n) is 12.1. The fourth-order valence-corrected chi connectivity index (χ4v) is 4.83. The van der Waals surface area contributed by atoms with Gasteiger partial charge in [-0.2, -0.15) is 5.10 Å². The molecule has 2 aromatic heterocycles. The van der Waals surface area contributed by atoms with Crippen LogP contribution < -0.4 is 0 Å². The zero-order chi connectivity index (χ0) is 24.5. The molecule has 36 heavy (non-hydrogen) atoms. The molecule has 0 spiro atoms. The van der Waals surface area contributed by atoms with Crippen molar-refractivity contribution in [1.29, 1.82) is 0 Å². The molecule has 0 unspecified atom stereocenters. The Balaban J connectivity index is 1.41. The normalized spacial score (nSPS) is 13.7. The summed E-state index contributed by atoms with van der Waals surface area (Å²) in [6.07, 6.45) is 4.41. The molecule has 0 bridgehead atoms. The summed E-state index contributed by atoms with van der Waals surface area (Å²) in [4.78, 5) is 20.1. The molecule has 1 aliphatic rings. The molecule has 3 heterocycles. The Kier molecular flexibility index (Phi) is 5.65. The summed E-state index contributed by atoms with van der Waals surface area (Å²) in [5, 5.41) is 9.25. The van der Waals surface area contributed by atoms with Crippen LogP contribution in [0.25, 0.3) is 5.69 Å². The van der Waals surface area contributed by atoms with Crippen LogP contribution in [0.4, 0.5) is 0 Å². The Morgan fingerprint density at radius 2 is 1.69 bits per heavy atom. The first-order valence-corrected chi connectivity index (χ1v) is 12.1. The van der Waals surface area contributed by atoms with E-state index in [-0.39, 0.29) is 11.9 Å². The molecule has 1 amide bonds. The fourth-order valence-electron chi connectivity index (χ4n) is 4.83. The number of benzene rings is 3. The van der Waals surface area contributed by atoms with E-state index in [1.54, 1.807) is 10.9 Å². The Bertz CT molecular complexity index is 1510. The highest BCUT2D eigenvalue weighted by Gasteiger charge is 2.34. The van der Waals surface area contributed by atoms with Crippen LogP contribution in [0.1, 0.15) is 51.7 Å². The van der Waals surface area contributed by atoms with Gasteiger partial charge in [0.05, 0.1) is 11.7 Å². The molecule has 7 heteroatoms. The number of hydrogen-bond acceptors (Lipinski definition) is 4. The molecule has 178 valence electrons. The molecule has 1 atom stereocenters. The van der Waals surface area contributed by atoms with E-state index in [4.69, 9.17) is 10.1 Å². The van der Waals surface area contributed by atoms with Crippen LogP contribution in [0.5, 0.6) is 0 Å². The lowest BCUT2D eigenvalue weighted by Gasteiger charge is -2.24. The summed E-state index contributed by atoms with van der Waals surface area (Å²) in [6.45, 7) is 3.04. The summed E-state index contributed by atoms with van der Waals surface area (Å²) in [6, 6.07) is 28.1. The first kappa shape index (κ1) is 22.0. The van der Waals surface area contributed by atoms with E-state index in [9.17, 15) is 4.79 Å². The van der Waals surface area contributed by atoms with Crippen LogP contribution in [0, 0.1) is 0 Å². The van der Waals surface area contributed by atoms with Gasteiger partial charge in [0.25, 0.3) is 5.91 Å². The van der Waals surface area contributed by atoms with Gasteiger partial charge in [-0.1, -0.05) is 66.7 Å². The molecule has 0 radical (unpaired) electrons. The summed E-state index contributed by atoms with van der Waals surface area (Å²) in [7, 11) is 0. The zero-order valence-corrected chi connectivity index (χ0v) is 20.0. The van der Waals surface area contributed by atoms with E-state index in [2.05, 4.69) is 41.5 Å². The van der Waals surface area contributed by atoms with Crippen molar-refractivity contribution in [2.45, 2.75) is 32.5 Å². The molecule has 5 aromatic rings. The van der Waals surface area contributed by atoms with E-state index >= 15 is 0 Å². The van der Waals surface area contributed by atoms with Crippen molar-refractivity contribution in [3.63, 3.8) is 0 Å². The highest BCUT2D eigenvalue weighted by molar-refractivity contribution is 5.98. The van der Waals surface area contributed by atoms with Crippen LogP contribution >= 0.6 is 0 Å². The van der Waals surface area contributed by atoms with Crippen LogP contribution in [0.3, 0.4) is 0 Å². The van der Waals surface area contributed by atoms with Gasteiger partial charge in [0.1, 0.15) is 6.54 Å². The van der Waals surface area contributed by atoms with Crippen molar-refractivity contribution in [3.8, 4) is 5.69 Å². The molecule has 7 nitrogen and oxygen atoms in total. The number of rotatable bonds is 7. The minimum Gasteiger partial charge on any atom is -0.324 e. The lowest BCUT2D eigenvalue weighted by atomic mass is 10.0. The summed E-state index contributed by atoms with van der Waals surface area (Å²) < 4.78 is 3.72. The van der Waals surface area contributed by atoms with Gasteiger partial charge in [-0.15, -0.1) is 5.10 Å². The first-order chi connectivity index (χ1) is 17.7. The van der Waals surface area contributed by atoms with Gasteiger partial charge in [-0.25, -0.2) is 9.67 Å². The Morgan fingerprint density at radius 3 is 2.50 bits per heavy atom. The van der Waals surface area contributed by atoms with Gasteiger partial charge in [-0.05, 0) is 48.2 Å². The molecule has 0 saturated carbocycles. The van der Waals surface area contributed by atoms with Crippen molar-refractivity contribution < 1.29 is 4.79 Å². The third-order valence-electron chi connectivity index (χ3n) is 6.69. The number of carbonyl (C=O) groups excluding carboxylic acids is 1. The number of para-hydroxylation sites is 1. The molecular weight excluding hydrogens is 448 g/mol. The van der Waals surface area contributed by atoms with E-state index in [0.29, 0.717) is 18.9 Å². The van der Waals surface area contributed by atoms with E-state index in [1.165, 1.54) is 5.56 Å². The Labute approximate surface area is 209 Å². The average Bonchev–Trinajstić information content (AvgIpc) is 3.65. The van der Waals surface area contributed by atoms with E-state index < -0.39 is 0 Å². The van der Waals surface area contributed by atoms with Gasteiger partial charge in [-0.3, -0.25) is 9.48 Å². The van der Waals surface area contributed by atoms with Crippen molar-refractivity contribution in [2.24, 2.45) is 0 Å². The second kappa shape index (κ2) is 9.26. The summed E-state index contributed by atoms with van der Waals surface area (Å²) in [5.41, 5.74) is 5.13. The van der Waals surface area contributed by atoms with Gasteiger partial charge >= 0.3 is 0 Å². The molecule has 0 aliphatic carbocycles. The van der Waals surface area contributed by atoms with Crippen molar-refractivity contribution in [1.82, 2.24) is 29.4 Å². The quantitative estimate of drug-likeness (QED) is 0.339. The van der Waals surface area contributed by atoms with Gasteiger partial charge in [0, 0.05) is 24.5 Å². The predicted octanol–water partition coefficient (Wildman–Crippen LogP) is 4.82. The minimum absolute atomic E-state index is 0.0267.